The maximum Gasteiger partial charge on any atom is 2.00 e. The van der Waals surface area contributed by atoms with E-state index in [-0.39, 0.29) is 60.0 Å². The Balaban J connectivity index is 0.00000592. The molecule has 0 amide bonds. The molecule has 3 aromatic heterocycles. The van der Waals surface area contributed by atoms with Crippen molar-refractivity contribution in [2.45, 2.75) is 72.0 Å². The number of para-hydroxylation sites is 3. The van der Waals surface area contributed by atoms with Gasteiger partial charge >= 0.3 is 27.1 Å². The maximum absolute atomic E-state index is 17.6. The number of nitrogens with zero attached hydrogens (tertiary/aromatic N) is 5. The van der Waals surface area contributed by atoms with Gasteiger partial charge in [0.15, 0.2) is 0 Å². The van der Waals surface area contributed by atoms with Crippen LogP contribution in [-0.2, 0) is 37.8 Å². The van der Waals surface area contributed by atoms with Crippen LogP contribution in [0.25, 0.3) is 38.9 Å². The van der Waals surface area contributed by atoms with Crippen molar-refractivity contribution in [2.75, 3.05) is 0 Å². The second kappa shape index (κ2) is 15.0. The Hall–Kier alpha value is -5.87. The minimum atomic E-state index is -3.60. The van der Waals surface area contributed by atoms with Crippen LogP contribution in [0.1, 0.15) is 83.1 Å². The molecule has 60 heavy (non-hydrogen) atoms. The van der Waals surface area contributed by atoms with Crippen LogP contribution in [-0.4, -0.2) is 20.5 Å². The third kappa shape index (κ3) is 6.94. The van der Waals surface area contributed by atoms with Crippen LogP contribution in [0.3, 0.4) is 0 Å². The first-order valence-electron chi connectivity index (χ1n) is 22.5. The number of hydrogen-bond donors (Lipinski definition) is 0. The molecule has 0 N–H and O–H groups in total. The first-order chi connectivity index (χ1) is 30.5. The van der Waals surface area contributed by atoms with Gasteiger partial charge in [0.05, 0.1) is 11.1 Å². The van der Waals surface area contributed by atoms with Crippen molar-refractivity contribution in [3.8, 4) is 16.9 Å². The average molecular weight is 979 g/mol. The van der Waals surface area contributed by atoms with Crippen LogP contribution < -0.4 is 9.15 Å². The molecule has 1 aliphatic heterocycles. The van der Waals surface area contributed by atoms with E-state index in [0.29, 0.717) is 55.9 Å². The number of halogens is 2. The summed E-state index contributed by atoms with van der Waals surface area (Å²) in [7, 11) is 0. The van der Waals surface area contributed by atoms with Crippen LogP contribution in [0.4, 0.5) is 31.5 Å². The molecule has 0 unspecified atom stereocenters. The van der Waals surface area contributed by atoms with Crippen molar-refractivity contribution in [3.05, 3.63) is 173 Å². The van der Waals surface area contributed by atoms with Gasteiger partial charge in [-0.3, -0.25) is 4.98 Å². The average Bonchev–Trinajstić information content (AvgIpc) is 3.81. The second-order valence-electron chi connectivity index (χ2n) is 17.0. The Morgan fingerprint density at radius 2 is 1.33 bits per heavy atom. The van der Waals surface area contributed by atoms with Crippen LogP contribution in [0.15, 0.2) is 128 Å². The molecule has 0 atom stereocenters. The van der Waals surface area contributed by atoms with Gasteiger partial charge < -0.3 is 4.57 Å². The van der Waals surface area contributed by atoms with E-state index >= 15 is 8.78 Å². The Kier molecular flexibility index (Phi) is 8.47. The van der Waals surface area contributed by atoms with Gasteiger partial charge in [-0.15, -0.1) is 11.6 Å². The van der Waals surface area contributed by atoms with Crippen LogP contribution in [0.5, 0.6) is 0 Å². The summed E-state index contributed by atoms with van der Waals surface area (Å²) < 4.78 is 90.7. The summed E-state index contributed by atoms with van der Waals surface area (Å²) in [6.45, 7) is 6.90. The molecule has 5 nitrogen and oxygen atoms in total. The Morgan fingerprint density at radius 1 is 0.650 bits per heavy atom. The number of rotatable bonds is 6. The van der Waals surface area contributed by atoms with Crippen molar-refractivity contribution in [1.82, 2.24) is 23.7 Å². The number of pyridine rings is 2. The Labute approximate surface area is 373 Å². The first-order valence-corrected chi connectivity index (χ1v) is 19.5. The van der Waals surface area contributed by atoms with Gasteiger partial charge in [-0.1, -0.05) is 123 Å². The summed E-state index contributed by atoms with van der Waals surface area (Å²) >= 11 is 0. The largest absolute Gasteiger partial charge is 2.00 e. The molecule has 0 bridgehead atoms. The van der Waals surface area contributed by atoms with Gasteiger partial charge in [-0.05, 0) is 81.7 Å². The molecule has 0 saturated carbocycles. The summed E-state index contributed by atoms with van der Waals surface area (Å²) in [6, 6.07) is 42.1. The number of aryl methyl sites for hydroxylation is 2. The zero-order valence-electron chi connectivity index (χ0n) is 39.9. The minimum Gasteiger partial charge on any atom is -0.318 e. The second-order valence-corrected chi connectivity index (χ2v) is 17.0. The number of fused-ring (bicyclic) bond motifs is 4. The molecule has 0 radical (unpaired) electrons. The molecular formula is C52H45F2N5Pt+2. The fraction of sp³-hybridized carbons (Fsp3) is 0.212. The summed E-state index contributed by atoms with van der Waals surface area (Å²) in [4.78, 5) is 9.34. The van der Waals surface area contributed by atoms with Gasteiger partial charge in [-0.2, -0.15) is 18.2 Å². The van der Waals surface area contributed by atoms with E-state index in [1.807, 2.05) is 79.9 Å². The normalized spacial score (nSPS) is 14.9. The minimum absolute atomic E-state index is 0. The molecular weight excluding hydrogens is 928 g/mol. The predicted octanol–water partition coefficient (Wildman–Crippen LogP) is 13.0. The Morgan fingerprint density at radius 3 is 2.03 bits per heavy atom. The summed E-state index contributed by atoms with van der Waals surface area (Å²) in [5.74, 6) is -3.04. The number of alkyl halides is 2. The van der Waals surface area contributed by atoms with Gasteiger partial charge in [0.2, 0.25) is 5.69 Å². The third-order valence-electron chi connectivity index (χ3n) is 11.0. The summed E-state index contributed by atoms with van der Waals surface area (Å²) in [5, 5.41) is 0.655. The molecule has 9 rings (SSSR count). The molecule has 0 aliphatic carbocycles. The van der Waals surface area contributed by atoms with Crippen LogP contribution >= 0.6 is 0 Å². The maximum atomic E-state index is 17.6. The number of aromatic nitrogens is 3. The fourth-order valence-electron chi connectivity index (χ4n) is 7.75. The van der Waals surface area contributed by atoms with Crippen molar-refractivity contribution < 1.29 is 38.1 Å². The zero-order valence-corrected chi connectivity index (χ0v) is 36.2. The van der Waals surface area contributed by atoms with Crippen molar-refractivity contribution in [2.24, 2.45) is 0 Å². The zero-order chi connectivity index (χ0) is 46.4. The van der Waals surface area contributed by atoms with E-state index in [1.165, 1.54) is 30.3 Å². The first kappa shape index (κ1) is 33.9. The molecule has 0 saturated heterocycles. The van der Waals surface area contributed by atoms with Crippen molar-refractivity contribution in [1.29, 1.82) is 0 Å². The van der Waals surface area contributed by atoms with Gasteiger partial charge in [0, 0.05) is 44.3 Å². The summed E-state index contributed by atoms with van der Waals surface area (Å²) in [5.41, 5.74) is 4.03. The molecule has 1 aliphatic rings. The quantitative estimate of drug-likeness (QED) is 0.123. The molecule has 8 aromatic rings. The predicted molar refractivity (Wildman–Crippen MR) is 237 cm³/mol. The van der Waals surface area contributed by atoms with Gasteiger partial charge in [0.1, 0.15) is 11.5 Å². The van der Waals surface area contributed by atoms with E-state index in [0.717, 1.165) is 5.56 Å². The number of benzene rings is 5. The van der Waals surface area contributed by atoms with E-state index < -0.39 is 25.0 Å². The monoisotopic (exact) mass is 978 g/mol. The standard InChI is InChI=1S/C52H45F2N5.Pt/c1-33-15-13-16-34(2)48(33)40-17-9-10-18-42(40)58-32-57(43-19-11-12-20-44(43)58)39-28-37(51(6,7)8)27-38(29-39)52(53,54)36-22-23-41-46(30-36)59(45-21-14-25-56-49(41)45)47-31-35(24-26-55-47)50(3,4)5;/h9-28,31H,1-8H3;/q;+2/i1D3,2D3;. The van der Waals surface area contributed by atoms with E-state index in [1.54, 1.807) is 51.9 Å². The molecule has 4 heterocycles. The topological polar surface area (TPSA) is 36.7 Å². The molecule has 300 valence electrons. The number of hydrogen-bond acceptors (Lipinski definition) is 2. The molecule has 0 spiro atoms. The molecule has 0 fully saturated rings. The van der Waals surface area contributed by atoms with E-state index in [2.05, 4.69) is 43.9 Å². The van der Waals surface area contributed by atoms with E-state index in [4.69, 9.17) is 13.2 Å². The molecule has 8 heteroatoms. The van der Waals surface area contributed by atoms with Gasteiger partial charge in [0.25, 0.3) is 17.3 Å². The Bertz CT molecular complexity index is 3270. The smallest absolute Gasteiger partial charge is 0.318 e. The van der Waals surface area contributed by atoms with Crippen LogP contribution in [0, 0.1) is 25.8 Å². The fourth-order valence-corrected chi connectivity index (χ4v) is 7.75. The SMILES string of the molecule is [2H]C([2H])([2H])c1cccc(C([2H])([2H])[2H])c1-c1ccccc1[N+]1=C=[N+](c2[c-]c(C(F)(F)c3[c-]c4c(cc3)c3ncccc3n4-c3cc(C(C)(C)C)ccn3)cc(C(C)(C)C)c2)c2ccccc21.[Pt+2]. The third-order valence-corrected chi connectivity index (χ3v) is 11.0. The van der Waals surface area contributed by atoms with Crippen LogP contribution in [0.2, 0.25) is 0 Å². The van der Waals surface area contributed by atoms with E-state index in [9.17, 15) is 0 Å². The summed E-state index contributed by atoms with van der Waals surface area (Å²) in [6.07, 6.45) is 3.41. The van der Waals surface area contributed by atoms with Gasteiger partial charge in [-0.25, -0.2) is 13.8 Å². The van der Waals surface area contributed by atoms with Crippen molar-refractivity contribution in [3.63, 3.8) is 0 Å². The molecule has 5 aromatic carbocycles. The van der Waals surface area contributed by atoms with Crippen molar-refractivity contribution >= 4 is 50.7 Å².